The largest absolute Gasteiger partial charge is 0.313 e. The molecule has 0 bridgehead atoms. The molecule has 0 amide bonds. The van der Waals surface area contributed by atoms with E-state index in [4.69, 9.17) is 0 Å². The molecule has 21 heavy (non-hydrogen) atoms. The van der Waals surface area contributed by atoms with Crippen LogP contribution in [0.1, 0.15) is 91.9 Å². The Morgan fingerprint density at radius 3 is 2.19 bits per heavy atom. The van der Waals surface area contributed by atoms with E-state index < -0.39 is 0 Å². The Kier molecular flexibility index (Phi) is 6.59. The molecule has 2 aliphatic carbocycles. The highest BCUT2D eigenvalue weighted by Crippen LogP contribution is 2.50. The highest BCUT2D eigenvalue weighted by molar-refractivity contribution is 4.99. The quantitative estimate of drug-likeness (QED) is 0.626. The molecule has 0 heterocycles. The van der Waals surface area contributed by atoms with Crippen LogP contribution in [0.5, 0.6) is 0 Å². The summed E-state index contributed by atoms with van der Waals surface area (Å²) >= 11 is 0. The molecule has 2 aliphatic rings. The average Bonchev–Trinajstić information content (AvgIpc) is 2.89. The Hall–Kier alpha value is -0.0400. The second-order valence-corrected chi connectivity index (χ2v) is 8.62. The van der Waals surface area contributed by atoms with Crippen molar-refractivity contribution in [2.45, 2.75) is 97.9 Å². The Labute approximate surface area is 133 Å². The van der Waals surface area contributed by atoms with Crippen LogP contribution in [-0.2, 0) is 0 Å². The number of hydrogen-bond acceptors (Lipinski definition) is 1. The van der Waals surface area contributed by atoms with Gasteiger partial charge in [-0.3, -0.25) is 0 Å². The zero-order valence-corrected chi connectivity index (χ0v) is 15.1. The summed E-state index contributed by atoms with van der Waals surface area (Å²) in [4.78, 5) is 0. The van der Waals surface area contributed by atoms with Crippen LogP contribution in [-0.4, -0.2) is 12.6 Å². The first-order valence-corrected chi connectivity index (χ1v) is 9.81. The van der Waals surface area contributed by atoms with Gasteiger partial charge in [-0.25, -0.2) is 0 Å². The van der Waals surface area contributed by atoms with Crippen LogP contribution in [0.2, 0.25) is 0 Å². The molecule has 2 rings (SSSR count). The molecule has 2 fully saturated rings. The fraction of sp³-hybridized carbons (Fsp3) is 1.00. The average molecular weight is 294 g/mol. The van der Waals surface area contributed by atoms with Gasteiger partial charge in [-0.15, -0.1) is 0 Å². The van der Waals surface area contributed by atoms with Crippen molar-refractivity contribution in [1.29, 1.82) is 0 Å². The Balaban J connectivity index is 2.11. The van der Waals surface area contributed by atoms with Gasteiger partial charge in [0.05, 0.1) is 0 Å². The van der Waals surface area contributed by atoms with Crippen LogP contribution in [0, 0.1) is 23.2 Å². The number of nitrogens with one attached hydrogen (secondary N) is 1. The fourth-order valence-electron chi connectivity index (χ4n) is 5.34. The van der Waals surface area contributed by atoms with Crippen molar-refractivity contribution in [1.82, 2.24) is 5.32 Å². The molecule has 124 valence electrons. The van der Waals surface area contributed by atoms with E-state index in [2.05, 4.69) is 33.0 Å². The zero-order valence-electron chi connectivity index (χ0n) is 15.1. The van der Waals surface area contributed by atoms with Crippen molar-refractivity contribution in [2.75, 3.05) is 6.54 Å². The number of hydrogen-bond donors (Lipinski definition) is 1. The lowest BCUT2D eigenvalue weighted by molar-refractivity contribution is 0.0837. The molecule has 1 nitrogen and oxygen atoms in total. The van der Waals surface area contributed by atoms with Crippen molar-refractivity contribution in [2.24, 2.45) is 23.2 Å². The maximum atomic E-state index is 4.04. The van der Waals surface area contributed by atoms with Gasteiger partial charge < -0.3 is 5.32 Å². The summed E-state index contributed by atoms with van der Waals surface area (Å²) in [6.07, 6.45) is 14.5. The third-order valence-electron chi connectivity index (χ3n) is 6.22. The molecule has 0 radical (unpaired) electrons. The molecule has 1 N–H and O–H groups in total. The van der Waals surface area contributed by atoms with Crippen LogP contribution in [0.15, 0.2) is 0 Å². The maximum absolute atomic E-state index is 4.04. The molecule has 2 saturated carbocycles. The van der Waals surface area contributed by atoms with Crippen LogP contribution >= 0.6 is 0 Å². The molecule has 1 atom stereocenters. The first-order chi connectivity index (χ1) is 10.1. The highest BCUT2D eigenvalue weighted by atomic mass is 14.9. The molecule has 1 unspecified atom stereocenters. The van der Waals surface area contributed by atoms with E-state index in [1.54, 1.807) is 0 Å². The maximum Gasteiger partial charge on any atom is 0.0152 e. The minimum absolute atomic E-state index is 0.620. The van der Waals surface area contributed by atoms with E-state index >= 15 is 0 Å². The van der Waals surface area contributed by atoms with E-state index in [0.29, 0.717) is 5.41 Å². The van der Waals surface area contributed by atoms with E-state index in [1.807, 2.05) is 0 Å². The van der Waals surface area contributed by atoms with Gasteiger partial charge in [-0.2, -0.15) is 0 Å². The van der Waals surface area contributed by atoms with Crippen LogP contribution in [0.3, 0.4) is 0 Å². The van der Waals surface area contributed by atoms with Gasteiger partial charge in [0.1, 0.15) is 0 Å². The van der Waals surface area contributed by atoms with Crippen molar-refractivity contribution in [3.05, 3.63) is 0 Å². The minimum atomic E-state index is 0.620. The molecular formula is C20H39N. The molecule has 0 saturated heterocycles. The van der Waals surface area contributed by atoms with Gasteiger partial charge in [0.2, 0.25) is 0 Å². The van der Waals surface area contributed by atoms with Gasteiger partial charge in [0, 0.05) is 6.04 Å². The van der Waals surface area contributed by atoms with Gasteiger partial charge >= 0.3 is 0 Å². The molecule has 0 aromatic heterocycles. The van der Waals surface area contributed by atoms with Gasteiger partial charge in [0.25, 0.3) is 0 Å². The van der Waals surface area contributed by atoms with Gasteiger partial charge in [-0.05, 0) is 68.2 Å². The lowest BCUT2D eigenvalue weighted by atomic mass is 9.64. The molecule has 0 spiro atoms. The predicted molar refractivity (Wildman–Crippen MR) is 93.6 cm³/mol. The fourth-order valence-corrected chi connectivity index (χ4v) is 5.34. The summed E-state index contributed by atoms with van der Waals surface area (Å²) in [5.41, 5.74) is 0.620. The van der Waals surface area contributed by atoms with E-state index in [-0.39, 0.29) is 0 Å². The van der Waals surface area contributed by atoms with Crippen molar-refractivity contribution in [3.63, 3.8) is 0 Å². The molecule has 0 aromatic rings. The highest BCUT2D eigenvalue weighted by Gasteiger charge is 2.44. The van der Waals surface area contributed by atoms with Crippen molar-refractivity contribution in [3.8, 4) is 0 Å². The molecule has 1 heteroatoms. The minimum Gasteiger partial charge on any atom is -0.313 e. The first-order valence-electron chi connectivity index (χ1n) is 9.81. The molecule has 0 aliphatic heterocycles. The topological polar surface area (TPSA) is 12.0 Å². The first kappa shape index (κ1) is 17.3. The Morgan fingerprint density at radius 1 is 1.05 bits per heavy atom. The molecular weight excluding hydrogens is 254 g/mol. The SMILES string of the molecule is CCCNC(C1CCC(C)CC1)C1(CC(C)C)CCCC1. The normalized spacial score (nSPS) is 30.7. The predicted octanol–water partition coefficient (Wildman–Crippen LogP) is 5.79. The number of rotatable bonds is 7. The van der Waals surface area contributed by atoms with Crippen LogP contribution in [0.4, 0.5) is 0 Å². The molecule has 0 aromatic carbocycles. The second kappa shape index (κ2) is 7.99. The third kappa shape index (κ3) is 4.47. The summed E-state index contributed by atoms with van der Waals surface area (Å²) in [6.45, 7) is 10.8. The van der Waals surface area contributed by atoms with Gasteiger partial charge in [0.15, 0.2) is 0 Å². The Morgan fingerprint density at radius 2 is 1.67 bits per heavy atom. The summed E-state index contributed by atoms with van der Waals surface area (Å²) in [5.74, 6) is 2.76. The van der Waals surface area contributed by atoms with E-state index in [0.717, 1.165) is 23.8 Å². The van der Waals surface area contributed by atoms with E-state index in [1.165, 1.54) is 70.8 Å². The monoisotopic (exact) mass is 293 g/mol. The lowest BCUT2D eigenvalue weighted by Gasteiger charge is -2.46. The van der Waals surface area contributed by atoms with Crippen molar-refractivity contribution >= 4 is 0 Å². The van der Waals surface area contributed by atoms with Gasteiger partial charge in [-0.1, -0.05) is 53.4 Å². The zero-order chi connectivity index (χ0) is 15.3. The summed E-state index contributed by atoms with van der Waals surface area (Å²) in [5, 5.41) is 4.04. The summed E-state index contributed by atoms with van der Waals surface area (Å²) in [7, 11) is 0. The smallest absolute Gasteiger partial charge is 0.0152 e. The van der Waals surface area contributed by atoms with Crippen LogP contribution in [0.25, 0.3) is 0 Å². The summed E-state index contributed by atoms with van der Waals surface area (Å²) < 4.78 is 0. The second-order valence-electron chi connectivity index (χ2n) is 8.62. The lowest BCUT2D eigenvalue weighted by Crippen LogP contribution is -2.50. The van der Waals surface area contributed by atoms with E-state index in [9.17, 15) is 0 Å². The Bertz CT molecular complexity index is 282. The third-order valence-corrected chi connectivity index (χ3v) is 6.22. The van der Waals surface area contributed by atoms with Crippen LogP contribution < -0.4 is 5.32 Å². The standard InChI is InChI=1S/C20H39N/c1-5-14-21-19(18-10-8-17(4)9-11-18)20(15-16(2)3)12-6-7-13-20/h16-19,21H,5-15H2,1-4H3. The summed E-state index contributed by atoms with van der Waals surface area (Å²) in [6, 6.07) is 0.801. The van der Waals surface area contributed by atoms with Crippen molar-refractivity contribution < 1.29 is 0 Å².